The molecule has 2 radical (unpaired) electrons. The highest BCUT2D eigenvalue weighted by atomic mass is 16.5. The number of rotatable bonds is 2. The third kappa shape index (κ3) is 4.94. The van der Waals surface area contributed by atoms with Gasteiger partial charge in [0.25, 0.3) is 0 Å². The molecule has 14 heavy (non-hydrogen) atoms. The second-order valence-electron chi connectivity index (χ2n) is 3.76. The fourth-order valence-electron chi connectivity index (χ4n) is 1.73. The lowest BCUT2D eigenvalue weighted by molar-refractivity contribution is -0.0309. The average Bonchev–Trinajstić information content (AvgIpc) is 2.19. The first-order valence-corrected chi connectivity index (χ1v) is 5.47. The standard InChI is InChI=1S/C11H20O3/c1-2-14-11-6-4-3-5-10(12)9-13-8-7-11/h10-11H,1-9H2. The minimum atomic E-state index is -0.527. The van der Waals surface area contributed by atoms with Gasteiger partial charge in [-0.05, 0) is 26.2 Å². The van der Waals surface area contributed by atoms with Crippen molar-refractivity contribution in [2.24, 2.45) is 0 Å². The summed E-state index contributed by atoms with van der Waals surface area (Å²) in [5.41, 5.74) is 0. The topological polar surface area (TPSA) is 38.4 Å². The molecule has 1 fully saturated rings. The van der Waals surface area contributed by atoms with Crippen LogP contribution in [-0.4, -0.2) is 32.0 Å². The molecular weight excluding hydrogens is 180 g/mol. The van der Waals surface area contributed by atoms with Crippen LogP contribution >= 0.6 is 0 Å². The van der Waals surface area contributed by atoms with Gasteiger partial charge < -0.3 is 9.47 Å². The molecule has 0 aromatic carbocycles. The van der Waals surface area contributed by atoms with Gasteiger partial charge in [-0.2, -0.15) is 0 Å². The molecule has 0 aliphatic carbocycles. The highest BCUT2D eigenvalue weighted by Crippen LogP contribution is 2.14. The molecule has 1 aliphatic rings. The lowest BCUT2D eigenvalue weighted by Crippen LogP contribution is -2.21. The van der Waals surface area contributed by atoms with E-state index in [4.69, 9.17) is 9.47 Å². The Kier molecular flexibility index (Phi) is 6.15. The van der Waals surface area contributed by atoms with Crippen molar-refractivity contribution in [3.05, 3.63) is 6.92 Å². The van der Waals surface area contributed by atoms with E-state index in [9.17, 15) is 5.11 Å². The summed E-state index contributed by atoms with van der Waals surface area (Å²) in [6.45, 7) is 5.20. The molecule has 2 unspecified atom stereocenters. The Hall–Kier alpha value is -0.120. The SMILES string of the molecule is [CH2]COC1CCCCC([O])COCC1. The molecule has 82 valence electrons. The summed E-state index contributed by atoms with van der Waals surface area (Å²) in [6, 6.07) is 0. The fourth-order valence-corrected chi connectivity index (χ4v) is 1.73. The molecule has 1 rings (SSSR count). The predicted molar refractivity (Wildman–Crippen MR) is 53.5 cm³/mol. The summed E-state index contributed by atoms with van der Waals surface area (Å²) in [4.78, 5) is 0. The normalized spacial score (nSPS) is 31.3. The molecule has 0 bridgehead atoms. The molecule has 0 amide bonds. The first-order chi connectivity index (χ1) is 6.83. The molecule has 1 saturated heterocycles. The van der Waals surface area contributed by atoms with Gasteiger partial charge in [0.2, 0.25) is 0 Å². The Labute approximate surface area is 86.4 Å². The van der Waals surface area contributed by atoms with E-state index < -0.39 is 6.10 Å². The molecule has 3 nitrogen and oxygen atoms in total. The molecule has 2 atom stereocenters. The highest BCUT2D eigenvalue weighted by molar-refractivity contribution is 4.63. The Morgan fingerprint density at radius 2 is 2.07 bits per heavy atom. The van der Waals surface area contributed by atoms with Gasteiger partial charge in [0, 0.05) is 13.2 Å². The van der Waals surface area contributed by atoms with Crippen LogP contribution in [0.15, 0.2) is 0 Å². The summed E-state index contributed by atoms with van der Waals surface area (Å²) >= 11 is 0. The van der Waals surface area contributed by atoms with Crippen molar-refractivity contribution in [1.82, 2.24) is 0 Å². The van der Waals surface area contributed by atoms with Gasteiger partial charge in [-0.15, -0.1) is 0 Å². The molecule has 1 heterocycles. The summed E-state index contributed by atoms with van der Waals surface area (Å²) in [5, 5.41) is 11.2. The molecule has 0 spiro atoms. The highest BCUT2D eigenvalue weighted by Gasteiger charge is 2.13. The van der Waals surface area contributed by atoms with Crippen LogP contribution in [0.2, 0.25) is 0 Å². The molecule has 0 aromatic heterocycles. The minimum Gasteiger partial charge on any atom is -0.379 e. The number of ether oxygens (including phenoxy) is 2. The van der Waals surface area contributed by atoms with E-state index in [1.165, 1.54) is 0 Å². The van der Waals surface area contributed by atoms with Crippen LogP contribution in [0.3, 0.4) is 0 Å². The van der Waals surface area contributed by atoms with Crippen LogP contribution in [0.4, 0.5) is 0 Å². The maximum absolute atomic E-state index is 11.2. The van der Waals surface area contributed by atoms with Crippen LogP contribution in [0, 0.1) is 6.92 Å². The maximum Gasteiger partial charge on any atom is 0.116 e. The summed E-state index contributed by atoms with van der Waals surface area (Å²) in [6.07, 6.45) is 4.49. The van der Waals surface area contributed by atoms with Gasteiger partial charge in [-0.25, -0.2) is 5.11 Å². The van der Waals surface area contributed by atoms with Gasteiger partial charge in [-0.1, -0.05) is 12.8 Å². The summed E-state index contributed by atoms with van der Waals surface area (Å²) in [5.74, 6) is 0. The predicted octanol–water partition coefficient (Wildman–Crippen LogP) is 1.99. The van der Waals surface area contributed by atoms with Crippen LogP contribution in [-0.2, 0) is 14.6 Å². The minimum absolute atomic E-state index is 0.274. The third-order valence-electron chi connectivity index (χ3n) is 2.54. The van der Waals surface area contributed by atoms with E-state index in [0.717, 1.165) is 32.1 Å². The molecule has 0 N–H and O–H groups in total. The van der Waals surface area contributed by atoms with Crippen LogP contribution in [0.5, 0.6) is 0 Å². The zero-order valence-electron chi connectivity index (χ0n) is 8.74. The van der Waals surface area contributed by atoms with Gasteiger partial charge >= 0.3 is 0 Å². The molecule has 0 saturated carbocycles. The zero-order chi connectivity index (χ0) is 10.2. The Bertz CT molecular complexity index is 126. The van der Waals surface area contributed by atoms with Crippen LogP contribution in [0.1, 0.15) is 32.1 Å². The van der Waals surface area contributed by atoms with Crippen molar-refractivity contribution in [1.29, 1.82) is 0 Å². The van der Waals surface area contributed by atoms with Crippen LogP contribution < -0.4 is 0 Å². The van der Waals surface area contributed by atoms with Gasteiger partial charge in [0.15, 0.2) is 0 Å². The van der Waals surface area contributed by atoms with Crippen molar-refractivity contribution in [3.63, 3.8) is 0 Å². The second kappa shape index (κ2) is 7.21. The molecule has 1 aliphatic heterocycles. The summed E-state index contributed by atoms with van der Waals surface area (Å²) in [7, 11) is 0. The third-order valence-corrected chi connectivity index (χ3v) is 2.54. The van der Waals surface area contributed by atoms with E-state index in [1.54, 1.807) is 0 Å². The maximum atomic E-state index is 11.2. The molecule has 3 heteroatoms. The van der Waals surface area contributed by atoms with E-state index >= 15 is 0 Å². The Morgan fingerprint density at radius 1 is 1.29 bits per heavy atom. The largest absolute Gasteiger partial charge is 0.379 e. The number of hydrogen-bond acceptors (Lipinski definition) is 2. The van der Waals surface area contributed by atoms with Gasteiger partial charge in [0.05, 0.1) is 12.7 Å². The van der Waals surface area contributed by atoms with E-state index in [1.807, 2.05) is 0 Å². The van der Waals surface area contributed by atoms with Gasteiger partial charge in [0.1, 0.15) is 6.10 Å². The van der Waals surface area contributed by atoms with Gasteiger partial charge in [-0.3, -0.25) is 0 Å². The van der Waals surface area contributed by atoms with Crippen molar-refractivity contribution >= 4 is 0 Å². The monoisotopic (exact) mass is 200 g/mol. The number of hydrogen-bond donors (Lipinski definition) is 0. The first kappa shape index (κ1) is 12.0. The lowest BCUT2D eigenvalue weighted by Gasteiger charge is -2.19. The van der Waals surface area contributed by atoms with E-state index in [0.29, 0.717) is 19.8 Å². The second-order valence-corrected chi connectivity index (χ2v) is 3.76. The Morgan fingerprint density at radius 3 is 2.86 bits per heavy atom. The van der Waals surface area contributed by atoms with Crippen molar-refractivity contribution in [3.8, 4) is 0 Å². The van der Waals surface area contributed by atoms with Crippen molar-refractivity contribution in [2.45, 2.75) is 44.3 Å². The average molecular weight is 200 g/mol. The van der Waals surface area contributed by atoms with Crippen LogP contribution in [0.25, 0.3) is 0 Å². The zero-order valence-corrected chi connectivity index (χ0v) is 8.74. The molecular formula is C11H20O3. The smallest absolute Gasteiger partial charge is 0.116 e. The van der Waals surface area contributed by atoms with E-state index in [-0.39, 0.29) is 6.10 Å². The fraction of sp³-hybridized carbons (Fsp3) is 0.909. The van der Waals surface area contributed by atoms with Crippen molar-refractivity contribution < 1.29 is 14.6 Å². The Balaban J connectivity index is 2.24. The molecule has 0 aromatic rings. The first-order valence-electron chi connectivity index (χ1n) is 5.47. The summed E-state index contributed by atoms with van der Waals surface area (Å²) < 4.78 is 10.8. The lowest BCUT2D eigenvalue weighted by atomic mass is 10.1. The van der Waals surface area contributed by atoms with E-state index in [2.05, 4.69) is 6.92 Å². The quantitative estimate of drug-likeness (QED) is 0.683. The van der Waals surface area contributed by atoms with Crippen molar-refractivity contribution in [2.75, 3.05) is 19.8 Å².